The monoisotopic (exact) mass is 315 g/mol. The van der Waals surface area contributed by atoms with Crippen LogP contribution >= 0.6 is 0 Å². The van der Waals surface area contributed by atoms with E-state index < -0.39 is 40.7 Å². The molecule has 2 aliphatic rings. The highest BCUT2D eigenvalue weighted by Gasteiger charge is 2.50. The first-order chi connectivity index (χ1) is 9.88. The summed E-state index contributed by atoms with van der Waals surface area (Å²) >= 11 is 0. The first-order valence-corrected chi connectivity index (χ1v) is 8.09. The third kappa shape index (κ3) is 2.70. The number of ether oxygens (including phenoxy) is 2. The summed E-state index contributed by atoms with van der Waals surface area (Å²) in [6.07, 6.45) is -3.98. The van der Waals surface area contributed by atoms with Crippen molar-refractivity contribution in [1.29, 1.82) is 0 Å². The number of sulfonamides is 1. The van der Waals surface area contributed by atoms with Crippen LogP contribution in [-0.4, -0.2) is 55.9 Å². The molecule has 2 aliphatic heterocycles. The molecule has 8 heteroatoms. The van der Waals surface area contributed by atoms with E-state index >= 15 is 0 Å². The van der Waals surface area contributed by atoms with Gasteiger partial charge in [0.25, 0.3) is 0 Å². The lowest BCUT2D eigenvalue weighted by molar-refractivity contribution is -0.181. The average Bonchev–Trinajstić information content (AvgIpc) is 2.89. The van der Waals surface area contributed by atoms with Gasteiger partial charge in [0.1, 0.15) is 24.4 Å². The van der Waals surface area contributed by atoms with Crippen LogP contribution in [0.25, 0.3) is 0 Å². The molecule has 0 amide bonds. The molecule has 2 heterocycles. The maximum atomic E-state index is 12.3. The Hall–Kier alpha value is -1.03. The van der Waals surface area contributed by atoms with Gasteiger partial charge in [0.05, 0.1) is 11.5 Å². The smallest absolute Gasteiger partial charge is 0.241 e. The summed E-state index contributed by atoms with van der Waals surface area (Å²) in [5.41, 5.74) is 0.937. The molecule has 5 atom stereocenters. The fraction of sp³-hybridized carbons (Fsp3) is 0.538. The van der Waals surface area contributed by atoms with Gasteiger partial charge in [-0.05, 0) is 19.1 Å². The summed E-state index contributed by atoms with van der Waals surface area (Å²) < 4.78 is 37.6. The predicted molar refractivity (Wildman–Crippen MR) is 71.9 cm³/mol. The second-order valence-electron chi connectivity index (χ2n) is 5.32. The van der Waals surface area contributed by atoms with Crippen LogP contribution in [-0.2, 0) is 19.5 Å². The number of aliphatic hydroxyl groups is 2. The van der Waals surface area contributed by atoms with E-state index in [0.717, 1.165) is 5.56 Å². The molecule has 0 aromatic heterocycles. The van der Waals surface area contributed by atoms with Gasteiger partial charge in [0.15, 0.2) is 6.29 Å². The SMILES string of the molecule is Cc1ccc(S(=O)(=O)N[C@H]2[C@@H]3OC[C@H](O3)[C@H](O)[C@@H]2O)cc1. The zero-order valence-corrected chi connectivity index (χ0v) is 12.2. The molecule has 3 N–H and O–H groups in total. The van der Waals surface area contributed by atoms with Crippen LogP contribution in [0.3, 0.4) is 0 Å². The topological polar surface area (TPSA) is 105 Å². The molecule has 0 aliphatic carbocycles. The fourth-order valence-corrected chi connectivity index (χ4v) is 3.73. The van der Waals surface area contributed by atoms with Crippen molar-refractivity contribution in [3.63, 3.8) is 0 Å². The van der Waals surface area contributed by atoms with Gasteiger partial charge in [0.2, 0.25) is 10.0 Å². The van der Waals surface area contributed by atoms with Crippen LogP contribution in [0.1, 0.15) is 5.56 Å². The molecule has 21 heavy (non-hydrogen) atoms. The van der Waals surface area contributed by atoms with E-state index in [1.165, 1.54) is 12.1 Å². The number of rotatable bonds is 3. The largest absolute Gasteiger partial charge is 0.388 e. The molecule has 2 fully saturated rings. The molecule has 2 saturated heterocycles. The molecule has 3 rings (SSSR count). The standard InChI is InChI=1S/C13H17NO6S/c1-7-2-4-8(5-3-7)21(17,18)14-10-12(16)11(15)9-6-19-13(10)20-9/h2-5,9-16H,6H2,1H3/t9-,10+,11-,12+,13+/m0/s1. The Morgan fingerprint density at radius 2 is 1.86 bits per heavy atom. The maximum Gasteiger partial charge on any atom is 0.241 e. The van der Waals surface area contributed by atoms with E-state index in [2.05, 4.69) is 4.72 Å². The molecule has 0 saturated carbocycles. The lowest BCUT2D eigenvalue weighted by Gasteiger charge is -2.35. The Kier molecular flexibility index (Phi) is 3.76. The highest BCUT2D eigenvalue weighted by atomic mass is 32.2. The predicted octanol–water partition coefficient (Wildman–Crippen LogP) is -0.881. The van der Waals surface area contributed by atoms with Gasteiger partial charge < -0.3 is 19.7 Å². The highest BCUT2D eigenvalue weighted by Crippen LogP contribution is 2.29. The molecular formula is C13H17NO6S. The van der Waals surface area contributed by atoms with E-state index in [1.807, 2.05) is 6.92 Å². The average molecular weight is 315 g/mol. The van der Waals surface area contributed by atoms with Crippen LogP contribution in [0.4, 0.5) is 0 Å². The molecule has 116 valence electrons. The molecule has 2 bridgehead atoms. The fourth-order valence-electron chi connectivity index (χ4n) is 2.49. The van der Waals surface area contributed by atoms with Crippen molar-refractivity contribution in [3.8, 4) is 0 Å². The number of fused-ring (bicyclic) bond motifs is 2. The van der Waals surface area contributed by atoms with Crippen molar-refractivity contribution in [2.24, 2.45) is 0 Å². The summed E-state index contributed by atoms with van der Waals surface area (Å²) in [6.45, 7) is 1.98. The van der Waals surface area contributed by atoms with Gasteiger partial charge in [0, 0.05) is 0 Å². The first-order valence-electron chi connectivity index (χ1n) is 6.61. The van der Waals surface area contributed by atoms with Crippen LogP contribution in [0, 0.1) is 6.92 Å². The minimum atomic E-state index is -3.84. The molecule has 0 spiro atoms. The number of benzene rings is 1. The molecule has 7 nitrogen and oxygen atoms in total. The Labute approximate surface area is 122 Å². The number of hydrogen-bond donors (Lipinski definition) is 3. The van der Waals surface area contributed by atoms with Crippen molar-refractivity contribution < 1.29 is 28.1 Å². The van der Waals surface area contributed by atoms with E-state index in [1.54, 1.807) is 12.1 Å². The molecule has 1 aromatic rings. The molecular weight excluding hydrogens is 298 g/mol. The van der Waals surface area contributed by atoms with Gasteiger partial charge in [-0.3, -0.25) is 0 Å². The van der Waals surface area contributed by atoms with Gasteiger partial charge >= 0.3 is 0 Å². The van der Waals surface area contributed by atoms with Crippen LogP contribution in [0.2, 0.25) is 0 Å². The minimum absolute atomic E-state index is 0.0786. The maximum absolute atomic E-state index is 12.3. The number of aliphatic hydroxyl groups excluding tert-OH is 2. The third-order valence-corrected chi connectivity index (χ3v) is 5.22. The number of nitrogens with one attached hydrogen (secondary N) is 1. The molecule has 1 aromatic carbocycles. The Morgan fingerprint density at radius 1 is 1.19 bits per heavy atom. The second-order valence-corrected chi connectivity index (χ2v) is 7.03. The van der Waals surface area contributed by atoms with Gasteiger partial charge in [-0.25, -0.2) is 13.1 Å². The Bertz CT molecular complexity index is 616. The van der Waals surface area contributed by atoms with Crippen molar-refractivity contribution in [2.45, 2.75) is 42.5 Å². The van der Waals surface area contributed by atoms with E-state index in [0.29, 0.717) is 0 Å². The van der Waals surface area contributed by atoms with Crippen molar-refractivity contribution in [2.75, 3.05) is 6.61 Å². The third-order valence-electron chi connectivity index (χ3n) is 3.75. The first kappa shape index (κ1) is 14.9. The van der Waals surface area contributed by atoms with E-state index in [-0.39, 0.29) is 11.5 Å². The van der Waals surface area contributed by atoms with E-state index in [4.69, 9.17) is 9.47 Å². The highest BCUT2D eigenvalue weighted by molar-refractivity contribution is 7.89. The second kappa shape index (κ2) is 5.31. The normalized spacial score (nSPS) is 35.9. The van der Waals surface area contributed by atoms with Gasteiger partial charge in [-0.2, -0.15) is 0 Å². The summed E-state index contributed by atoms with van der Waals surface area (Å²) in [5.74, 6) is 0. The van der Waals surface area contributed by atoms with Gasteiger partial charge in [-0.1, -0.05) is 17.7 Å². The molecule has 0 radical (unpaired) electrons. The summed E-state index contributed by atoms with van der Waals surface area (Å²) in [4.78, 5) is 0.0786. The van der Waals surface area contributed by atoms with E-state index in [9.17, 15) is 18.6 Å². The summed E-state index contributed by atoms with van der Waals surface area (Å²) in [6, 6.07) is 5.26. The number of hydrogen-bond acceptors (Lipinski definition) is 6. The quantitative estimate of drug-likeness (QED) is 0.669. The van der Waals surface area contributed by atoms with Crippen molar-refractivity contribution in [3.05, 3.63) is 29.8 Å². The zero-order valence-electron chi connectivity index (χ0n) is 11.3. The van der Waals surface area contributed by atoms with Crippen LogP contribution in [0.15, 0.2) is 29.2 Å². The van der Waals surface area contributed by atoms with Crippen molar-refractivity contribution in [1.82, 2.24) is 4.72 Å². The Balaban J connectivity index is 1.83. The zero-order chi connectivity index (χ0) is 15.2. The van der Waals surface area contributed by atoms with Crippen molar-refractivity contribution >= 4 is 10.0 Å². The van der Waals surface area contributed by atoms with Gasteiger partial charge in [-0.15, -0.1) is 0 Å². The summed E-state index contributed by atoms with van der Waals surface area (Å²) in [7, 11) is -3.84. The lowest BCUT2D eigenvalue weighted by atomic mass is 10.00. The van der Waals surface area contributed by atoms with Crippen LogP contribution in [0.5, 0.6) is 0 Å². The number of aryl methyl sites for hydroxylation is 1. The van der Waals surface area contributed by atoms with Crippen LogP contribution < -0.4 is 4.72 Å². The Morgan fingerprint density at radius 3 is 2.52 bits per heavy atom. The summed E-state index contributed by atoms with van der Waals surface area (Å²) in [5, 5.41) is 19.9. The lowest BCUT2D eigenvalue weighted by Crippen LogP contribution is -2.60. The molecule has 0 unspecified atom stereocenters. The minimum Gasteiger partial charge on any atom is -0.388 e.